The first-order valence-corrected chi connectivity index (χ1v) is 5.81. The predicted octanol–water partition coefficient (Wildman–Crippen LogP) is 2.73. The van der Waals surface area contributed by atoms with Gasteiger partial charge in [-0.15, -0.1) is 0 Å². The zero-order valence-corrected chi connectivity index (χ0v) is 12.1. The van der Waals surface area contributed by atoms with Gasteiger partial charge in [0, 0.05) is 29.8 Å². The molecule has 4 nitrogen and oxygen atoms in total. The fraction of sp³-hybridized carbons (Fsp3) is 0.692. The van der Waals surface area contributed by atoms with Crippen LogP contribution in [0.15, 0.2) is 17.3 Å². The number of hydrogen-bond donors (Lipinski definition) is 2. The van der Waals surface area contributed by atoms with Crippen molar-refractivity contribution >= 4 is 5.84 Å². The van der Waals surface area contributed by atoms with E-state index in [4.69, 9.17) is 5.73 Å². The van der Waals surface area contributed by atoms with Crippen molar-refractivity contribution in [1.29, 1.82) is 0 Å². The summed E-state index contributed by atoms with van der Waals surface area (Å²) in [6.07, 6.45) is 1.78. The molecule has 3 N–H and O–H groups in total. The highest BCUT2D eigenvalue weighted by Gasteiger charge is 2.14. The van der Waals surface area contributed by atoms with Gasteiger partial charge in [0.1, 0.15) is 0 Å². The lowest BCUT2D eigenvalue weighted by molar-refractivity contribution is 0.567. The fourth-order valence-electron chi connectivity index (χ4n) is 1.01. The van der Waals surface area contributed by atoms with Gasteiger partial charge in [-0.3, -0.25) is 10.1 Å². The summed E-state index contributed by atoms with van der Waals surface area (Å²) in [5.41, 5.74) is 6.92. The van der Waals surface area contributed by atoms with E-state index in [2.05, 4.69) is 36.0 Å². The Morgan fingerprint density at radius 2 is 1.76 bits per heavy atom. The largest absolute Gasteiger partial charge is 0.387 e. The number of amidine groups is 1. The third kappa shape index (κ3) is 6.09. The van der Waals surface area contributed by atoms with Gasteiger partial charge in [-0.2, -0.15) is 5.10 Å². The summed E-state index contributed by atoms with van der Waals surface area (Å²) in [4.78, 5) is 3.85. The van der Waals surface area contributed by atoms with E-state index in [1.54, 1.807) is 13.2 Å². The third-order valence-electron chi connectivity index (χ3n) is 2.32. The molecule has 1 aromatic heterocycles. The lowest BCUT2D eigenvalue weighted by atomic mass is 9.93. The Morgan fingerprint density at radius 3 is 1.88 bits per heavy atom. The van der Waals surface area contributed by atoms with Gasteiger partial charge in [-0.1, -0.05) is 41.5 Å². The summed E-state index contributed by atoms with van der Waals surface area (Å²) >= 11 is 0. The molecular weight excluding hydrogens is 212 g/mol. The van der Waals surface area contributed by atoms with E-state index >= 15 is 0 Å². The molecule has 0 saturated heterocycles. The van der Waals surface area contributed by atoms with Gasteiger partial charge < -0.3 is 5.73 Å². The van der Waals surface area contributed by atoms with Crippen LogP contribution >= 0.6 is 0 Å². The van der Waals surface area contributed by atoms with Crippen molar-refractivity contribution in [3.63, 3.8) is 0 Å². The maximum Gasteiger partial charge on any atom is 0.0987 e. The highest BCUT2D eigenvalue weighted by molar-refractivity contribution is 5.85. The van der Waals surface area contributed by atoms with Crippen LogP contribution in [-0.2, 0) is 5.41 Å². The topological polar surface area (TPSA) is 67.1 Å². The van der Waals surface area contributed by atoms with E-state index in [9.17, 15) is 0 Å². The number of aromatic amines is 1. The first kappa shape index (κ1) is 15.7. The summed E-state index contributed by atoms with van der Waals surface area (Å²) < 4.78 is 0. The number of nitrogens with zero attached hydrogens (tertiary/aromatic N) is 2. The molecule has 98 valence electrons. The minimum Gasteiger partial charge on any atom is -0.387 e. The molecule has 0 spiro atoms. The molecule has 1 aromatic rings. The Hall–Kier alpha value is -1.32. The highest BCUT2D eigenvalue weighted by Crippen LogP contribution is 2.18. The molecule has 0 unspecified atom stereocenters. The standard InChI is InChI=1S/C7H12N2.C6H14N2/c1-7(2,3)6-4-5-8-9-6;1-6(2,3)5(7)8-4/h4-5H,1-3H3,(H,8,9);1-4H3,(H2,7,8). The molecule has 0 aliphatic heterocycles. The van der Waals surface area contributed by atoms with Crippen molar-refractivity contribution in [2.45, 2.75) is 47.0 Å². The lowest BCUT2D eigenvalue weighted by Gasteiger charge is -2.15. The molecule has 1 heterocycles. The van der Waals surface area contributed by atoms with Gasteiger partial charge in [-0.25, -0.2) is 0 Å². The molecule has 17 heavy (non-hydrogen) atoms. The molecule has 0 amide bonds. The maximum atomic E-state index is 5.50. The summed E-state index contributed by atoms with van der Waals surface area (Å²) in [7, 11) is 1.71. The number of nitrogens with two attached hydrogens (primary N) is 1. The molecule has 0 bridgehead atoms. The number of rotatable bonds is 0. The van der Waals surface area contributed by atoms with Gasteiger partial charge in [0.2, 0.25) is 0 Å². The second kappa shape index (κ2) is 5.84. The Kier molecular flexibility index (Phi) is 5.39. The van der Waals surface area contributed by atoms with E-state index in [-0.39, 0.29) is 10.8 Å². The Labute approximate surface area is 105 Å². The molecule has 0 aliphatic carbocycles. The third-order valence-corrected chi connectivity index (χ3v) is 2.32. The van der Waals surface area contributed by atoms with Gasteiger partial charge in [0.15, 0.2) is 0 Å². The van der Waals surface area contributed by atoms with Crippen molar-refractivity contribution in [3.05, 3.63) is 18.0 Å². The van der Waals surface area contributed by atoms with Crippen LogP contribution in [0.4, 0.5) is 0 Å². The van der Waals surface area contributed by atoms with E-state index in [1.807, 2.05) is 26.8 Å². The number of hydrogen-bond acceptors (Lipinski definition) is 2. The minimum atomic E-state index is 0.0365. The van der Waals surface area contributed by atoms with Crippen LogP contribution in [-0.4, -0.2) is 23.1 Å². The van der Waals surface area contributed by atoms with Crippen molar-refractivity contribution in [2.75, 3.05) is 7.05 Å². The summed E-state index contributed by atoms with van der Waals surface area (Å²) in [6.45, 7) is 12.6. The van der Waals surface area contributed by atoms with Gasteiger partial charge in [0.05, 0.1) is 5.84 Å². The van der Waals surface area contributed by atoms with E-state index in [1.165, 1.54) is 5.69 Å². The molecule has 0 aliphatic rings. The van der Waals surface area contributed by atoms with Gasteiger partial charge >= 0.3 is 0 Å². The van der Waals surface area contributed by atoms with Crippen molar-refractivity contribution < 1.29 is 0 Å². The first-order valence-electron chi connectivity index (χ1n) is 5.81. The van der Waals surface area contributed by atoms with E-state index in [0.29, 0.717) is 5.84 Å². The molecule has 0 aromatic carbocycles. The molecule has 0 radical (unpaired) electrons. The fourth-order valence-corrected chi connectivity index (χ4v) is 1.01. The zero-order valence-electron chi connectivity index (χ0n) is 12.1. The first-order chi connectivity index (χ1) is 7.59. The van der Waals surface area contributed by atoms with E-state index in [0.717, 1.165) is 0 Å². The molecule has 0 atom stereocenters. The second-order valence-electron chi connectivity index (χ2n) is 6.08. The average molecular weight is 238 g/mol. The normalized spacial score (nSPS) is 13.0. The smallest absolute Gasteiger partial charge is 0.0987 e. The molecule has 4 heteroatoms. The summed E-state index contributed by atoms with van der Waals surface area (Å²) in [6, 6.07) is 2.00. The Morgan fingerprint density at radius 1 is 1.24 bits per heavy atom. The van der Waals surface area contributed by atoms with Crippen molar-refractivity contribution in [2.24, 2.45) is 16.1 Å². The maximum absolute atomic E-state index is 5.50. The molecule has 0 saturated carbocycles. The second-order valence-corrected chi connectivity index (χ2v) is 6.08. The molecule has 0 fully saturated rings. The highest BCUT2D eigenvalue weighted by atomic mass is 15.1. The molecule has 1 rings (SSSR count). The average Bonchev–Trinajstić information content (AvgIpc) is 2.68. The monoisotopic (exact) mass is 238 g/mol. The Balaban J connectivity index is 0.000000304. The van der Waals surface area contributed by atoms with Crippen molar-refractivity contribution in [3.8, 4) is 0 Å². The van der Waals surface area contributed by atoms with Crippen molar-refractivity contribution in [1.82, 2.24) is 10.2 Å². The zero-order chi connectivity index (χ0) is 13.7. The SMILES string of the molecule is CC(C)(C)c1ccn[nH]1.CN=C(N)C(C)(C)C. The number of aliphatic imine (C=N–C) groups is 1. The van der Waals surface area contributed by atoms with Crippen LogP contribution in [0.1, 0.15) is 47.2 Å². The Bertz CT molecular complexity index is 336. The summed E-state index contributed by atoms with van der Waals surface area (Å²) in [5.74, 6) is 0.706. The predicted molar refractivity (Wildman–Crippen MR) is 74.3 cm³/mol. The van der Waals surface area contributed by atoms with Crippen LogP contribution in [0.25, 0.3) is 0 Å². The van der Waals surface area contributed by atoms with E-state index < -0.39 is 0 Å². The minimum absolute atomic E-state index is 0.0365. The van der Waals surface area contributed by atoms with Crippen LogP contribution in [0, 0.1) is 5.41 Å². The van der Waals surface area contributed by atoms with Crippen LogP contribution in [0.2, 0.25) is 0 Å². The molecular formula is C13H26N4. The van der Waals surface area contributed by atoms with Crippen LogP contribution in [0.3, 0.4) is 0 Å². The summed E-state index contributed by atoms with van der Waals surface area (Å²) in [5, 5.41) is 6.79. The van der Waals surface area contributed by atoms with Crippen LogP contribution < -0.4 is 5.73 Å². The lowest BCUT2D eigenvalue weighted by Crippen LogP contribution is -2.28. The number of aromatic nitrogens is 2. The van der Waals surface area contributed by atoms with Gasteiger partial charge in [-0.05, 0) is 6.07 Å². The number of H-pyrrole nitrogens is 1. The van der Waals surface area contributed by atoms with Crippen LogP contribution in [0.5, 0.6) is 0 Å². The quantitative estimate of drug-likeness (QED) is 0.539. The van der Waals surface area contributed by atoms with Gasteiger partial charge in [0.25, 0.3) is 0 Å². The number of nitrogens with one attached hydrogen (secondary N) is 1.